The van der Waals surface area contributed by atoms with E-state index in [9.17, 15) is 9.59 Å². The molecule has 1 aliphatic carbocycles. The lowest BCUT2D eigenvalue weighted by atomic mass is 9.91. The number of methoxy groups -OCH3 is 1. The number of aryl methyl sites for hydroxylation is 1. The average Bonchev–Trinajstić information content (AvgIpc) is 3.45. The van der Waals surface area contributed by atoms with E-state index in [1.54, 1.807) is 7.11 Å². The molecule has 2 amide bonds. The fourth-order valence-electron chi connectivity index (χ4n) is 4.89. The lowest BCUT2D eigenvalue weighted by molar-refractivity contribution is -0.137. The van der Waals surface area contributed by atoms with Crippen molar-refractivity contribution in [2.75, 3.05) is 20.2 Å². The SMILES string of the molecule is COc1cccc(C2c3cc(C)sc3CCN2C(=O)C(C)CNC(=O)C2CCCC2)c1. The molecule has 0 radical (unpaired) electrons. The molecule has 1 N–H and O–H groups in total. The molecule has 0 spiro atoms. The largest absolute Gasteiger partial charge is 0.497 e. The Kier molecular flexibility index (Phi) is 6.65. The second-order valence-electron chi connectivity index (χ2n) is 8.82. The predicted octanol–water partition coefficient (Wildman–Crippen LogP) is 4.48. The molecule has 4 rings (SSSR count). The summed E-state index contributed by atoms with van der Waals surface area (Å²) in [6.07, 6.45) is 5.08. The van der Waals surface area contributed by atoms with Gasteiger partial charge in [-0.1, -0.05) is 31.9 Å². The van der Waals surface area contributed by atoms with Gasteiger partial charge in [0.1, 0.15) is 5.75 Å². The van der Waals surface area contributed by atoms with Crippen LogP contribution in [-0.2, 0) is 16.0 Å². The third-order valence-electron chi connectivity index (χ3n) is 6.57. The molecule has 166 valence electrons. The van der Waals surface area contributed by atoms with E-state index in [0.29, 0.717) is 13.1 Å². The molecule has 1 aromatic carbocycles. The van der Waals surface area contributed by atoms with Crippen molar-refractivity contribution in [1.29, 1.82) is 0 Å². The Labute approximate surface area is 188 Å². The number of carbonyl (C=O) groups is 2. The van der Waals surface area contributed by atoms with Gasteiger partial charge in [0.05, 0.1) is 19.1 Å². The third kappa shape index (κ3) is 4.64. The fourth-order valence-corrected chi connectivity index (χ4v) is 5.95. The molecule has 0 saturated heterocycles. The molecule has 1 aliphatic heterocycles. The zero-order chi connectivity index (χ0) is 22.0. The first-order chi connectivity index (χ1) is 15.0. The second-order valence-corrected chi connectivity index (χ2v) is 10.2. The zero-order valence-corrected chi connectivity index (χ0v) is 19.5. The summed E-state index contributed by atoms with van der Waals surface area (Å²) in [4.78, 5) is 30.6. The Morgan fingerprint density at radius 3 is 2.77 bits per heavy atom. The summed E-state index contributed by atoms with van der Waals surface area (Å²) in [5.74, 6) is 0.851. The van der Waals surface area contributed by atoms with Gasteiger partial charge in [-0.3, -0.25) is 9.59 Å². The van der Waals surface area contributed by atoms with Gasteiger partial charge in [-0.25, -0.2) is 0 Å². The van der Waals surface area contributed by atoms with Gasteiger partial charge in [-0.15, -0.1) is 11.3 Å². The van der Waals surface area contributed by atoms with E-state index in [1.807, 2.05) is 41.4 Å². The highest BCUT2D eigenvalue weighted by Gasteiger charge is 2.35. The van der Waals surface area contributed by atoms with E-state index < -0.39 is 0 Å². The first-order valence-electron chi connectivity index (χ1n) is 11.3. The summed E-state index contributed by atoms with van der Waals surface area (Å²) in [7, 11) is 1.66. The molecule has 31 heavy (non-hydrogen) atoms. The van der Waals surface area contributed by atoms with Crippen molar-refractivity contribution in [1.82, 2.24) is 10.2 Å². The standard InChI is InChI=1S/C25H32N2O3S/c1-16(15-26-24(28)18-7-4-5-8-18)25(29)27-12-11-22-21(13-17(2)31-22)23(27)19-9-6-10-20(14-19)30-3/h6,9-10,13-14,16,18,23H,4-5,7-8,11-12,15H2,1-3H3,(H,26,28). The van der Waals surface area contributed by atoms with Gasteiger partial charge in [-0.2, -0.15) is 0 Å². The monoisotopic (exact) mass is 440 g/mol. The highest BCUT2D eigenvalue weighted by Crippen LogP contribution is 2.40. The molecule has 0 bridgehead atoms. The van der Waals surface area contributed by atoms with Gasteiger partial charge in [0.2, 0.25) is 11.8 Å². The number of benzene rings is 1. The Hall–Kier alpha value is -2.34. The molecule has 6 heteroatoms. The molecule has 2 atom stereocenters. The first kappa shape index (κ1) is 21.9. The smallest absolute Gasteiger partial charge is 0.227 e. The maximum atomic E-state index is 13.5. The normalized spacial score (nSPS) is 19.7. The van der Waals surface area contributed by atoms with E-state index in [-0.39, 0.29) is 29.7 Å². The molecule has 2 unspecified atom stereocenters. The number of ether oxygens (including phenoxy) is 1. The molecule has 2 heterocycles. The maximum absolute atomic E-state index is 13.5. The van der Waals surface area contributed by atoms with Crippen LogP contribution in [0.4, 0.5) is 0 Å². The fraction of sp³-hybridized carbons (Fsp3) is 0.520. The summed E-state index contributed by atoms with van der Waals surface area (Å²) >= 11 is 1.82. The van der Waals surface area contributed by atoms with E-state index in [1.165, 1.54) is 15.3 Å². The van der Waals surface area contributed by atoms with E-state index >= 15 is 0 Å². The number of nitrogens with zero attached hydrogens (tertiary/aromatic N) is 1. The van der Waals surface area contributed by atoms with Gasteiger partial charge < -0.3 is 15.0 Å². The number of thiophene rings is 1. The summed E-state index contributed by atoms with van der Waals surface area (Å²) in [6.45, 7) is 5.13. The van der Waals surface area contributed by atoms with Crippen molar-refractivity contribution in [2.45, 2.75) is 52.0 Å². The van der Waals surface area contributed by atoms with Crippen LogP contribution < -0.4 is 10.1 Å². The zero-order valence-electron chi connectivity index (χ0n) is 18.6. The molecule has 1 aromatic heterocycles. The van der Waals surface area contributed by atoms with Crippen LogP contribution in [0.1, 0.15) is 59.5 Å². The van der Waals surface area contributed by atoms with Crippen molar-refractivity contribution in [2.24, 2.45) is 11.8 Å². The molecular formula is C25H32N2O3S. The lowest BCUT2D eigenvalue weighted by Crippen LogP contribution is -2.45. The predicted molar refractivity (Wildman–Crippen MR) is 123 cm³/mol. The number of rotatable bonds is 6. The van der Waals surface area contributed by atoms with E-state index in [0.717, 1.165) is 43.4 Å². The van der Waals surface area contributed by atoms with Crippen LogP contribution in [0.5, 0.6) is 5.75 Å². The third-order valence-corrected chi connectivity index (χ3v) is 7.70. The lowest BCUT2D eigenvalue weighted by Gasteiger charge is -2.38. The quantitative estimate of drug-likeness (QED) is 0.720. The van der Waals surface area contributed by atoms with Gasteiger partial charge >= 0.3 is 0 Å². The summed E-state index contributed by atoms with van der Waals surface area (Å²) in [5, 5.41) is 3.04. The van der Waals surface area contributed by atoms with Crippen LogP contribution >= 0.6 is 11.3 Å². The Morgan fingerprint density at radius 1 is 1.26 bits per heavy atom. The van der Waals surface area contributed by atoms with E-state index in [4.69, 9.17) is 4.74 Å². The Bertz CT molecular complexity index is 948. The highest BCUT2D eigenvalue weighted by molar-refractivity contribution is 7.12. The number of fused-ring (bicyclic) bond motifs is 1. The Morgan fingerprint density at radius 2 is 2.03 bits per heavy atom. The minimum absolute atomic E-state index is 0.0917. The summed E-state index contributed by atoms with van der Waals surface area (Å²) < 4.78 is 5.45. The molecule has 1 fully saturated rings. The maximum Gasteiger partial charge on any atom is 0.227 e. The minimum Gasteiger partial charge on any atom is -0.497 e. The van der Waals surface area contributed by atoms with Crippen molar-refractivity contribution in [3.05, 3.63) is 51.2 Å². The van der Waals surface area contributed by atoms with Gasteiger partial charge in [0.15, 0.2) is 0 Å². The van der Waals surface area contributed by atoms with Crippen LogP contribution in [0.3, 0.4) is 0 Å². The number of nitrogens with one attached hydrogen (secondary N) is 1. The molecule has 5 nitrogen and oxygen atoms in total. The van der Waals surface area contributed by atoms with Gasteiger partial charge in [0, 0.05) is 28.8 Å². The van der Waals surface area contributed by atoms with Crippen LogP contribution in [-0.4, -0.2) is 36.9 Å². The average molecular weight is 441 g/mol. The highest BCUT2D eigenvalue weighted by atomic mass is 32.1. The minimum atomic E-state index is -0.264. The molecular weight excluding hydrogens is 408 g/mol. The molecule has 1 saturated carbocycles. The van der Waals surface area contributed by atoms with Gasteiger partial charge in [0.25, 0.3) is 0 Å². The first-order valence-corrected chi connectivity index (χ1v) is 12.1. The van der Waals surface area contributed by atoms with Crippen molar-refractivity contribution >= 4 is 23.2 Å². The van der Waals surface area contributed by atoms with Crippen LogP contribution in [0.15, 0.2) is 30.3 Å². The van der Waals surface area contributed by atoms with Crippen molar-refractivity contribution in [3.63, 3.8) is 0 Å². The summed E-state index contributed by atoms with van der Waals surface area (Å²) in [6, 6.07) is 10.1. The Balaban J connectivity index is 1.54. The number of amides is 2. The number of hydrogen-bond donors (Lipinski definition) is 1. The molecule has 2 aliphatic rings. The topological polar surface area (TPSA) is 58.6 Å². The van der Waals surface area contributed by atoms with Crippen LogP contribution in [0, 0.1) is 18.8 Å². The van der Waals surface area contributed by atoms with Crippen LogP contribution in [0.25, 0.3) is 0 Å². The van der Waals surface area contributed by atoms with Gasteiger partial charge in [-0.05, 0) is 55.5 Å². The summed E-state index contributed by atoms with van der Waals surface area (Å²) in [5.41, 5.74) is 2.28. The van der Waals surface area contributed by atoms with Crippen molar-refractivity contribution < 1.29 is 14.3 Å². The number of hydrogen-bond acceptors (Lipinski definition) is 4. The number of carbonyl (C=O) groups excluding carboxylic acids is 2. The second kappa shape index (κ2) is 9.43. The van der Waals surface area contributed by atoms with Crippen LogP contribution in [0.2, 0.25) is 0 Å². The van der Waals surface area contributed by atoms with Crippen molar-refractivity contribution in [3.8, 4) is 5.75 Å². The molecule has 2 aromatic rings. The van der Waals surface area contributed by atoms with E-state index in [2.05, 4.69) is 24.4 Å².